The zero-order valence-electron chi connectivity index (χ0n) is 18.3. The first-order chi connectivity index (χ1) is 16.5. The SMILES string of the molecule is Nc1nc(-c2ccccc2)c2c(n1)-c1c(cccc1N1CC[C@](O)(c3ccccc3)C[I-]1)C2=O. The van der Waals surface area contributed by atoms with E-state index >= 15 is 0 Å². The van der Waals surface area contributed by atoms with Gasteiger partial charge in [0, 0.05) is 0 Å². The molecule has 1 saturated heterocycles. The van der Waals surface area contributed by atoms with Crippen molar-refractivity contribution in [2.45, 2.75) is 12.0 Å². The molecular formula is C27H22IN4O2-. The molecule has 6 nitrogen and oxygen atoms in total. The van der Waals surface area contributed by atoms with Gasteiger partial charge in [0.05, 0.1) is 0 Å². The minimum atomic E-state index is -0.802. The monoisotopic (exact) mass is 561 g/mol. The van der Waals surface area contributed by atoms with Crippen LogP contribution in [0.2, 0.25) is 0 Å². The number of rotatable bonds is 3. The van der Waals surface area contributed by atoms with Crippen LogP contribution >= 0.6 is 0 Å². The number of fused-ring (bicyclic) bond motifs is 3. The van der Waals surface area contributed by atoms with Gasteiger partial charge in [-0.25, -0.2) is 0 Å². The van der Waals surface area contributed by atoms with Crippen LogP contribution in [0.15, 0.2) is 78.9 Å². The maximum atomic E-state index is 13.5. The number of carbonyl (C=O) groups excluding carboxylic acids is 1. The molecule has 1 fully saturated rings. The van der Waals surface area contributed by atoms with Crippen molar-refractivity contribution in [3.63, 3.8) is 0 Å². The summed E-state index contributed by atoms with van der Waals surface area (Å²) in [5, 5.41) is 11.3. The van der Waals surface area contributed by atoms with Crippen LogP contribution in [-0.2, 0) is 5.60 Å². The van der Waals surface area contributed by atoms with Crippen LogP contribution in [0.3, 0.4) is 0 Å². The first-order valence-electron chi connectivity index (χ1n) is 11.1. The summed E-state index contributed by atoms with van der Waals surface area (Å²) in [7, 11) is 0. The summed E-state index contributed by atoms with van der Waals surface area (Å²) >= 11 is -0.521. The van der Waals surface area contributed by atoms with Crippen molar-refractivity contribution in [1.29, 1.82) is 0 Å². The number of nitrogen functional groups attached to an aromatic ring is 1. The van der Waals surface area contributed by atoms with Gasteiger partial charge >= 0.3 is 209 Å². The zero-order valence-corrected chi connectivity index (χ0v) is 20.4. The molecule has 0 radical (unpaired) electrons. The number of ketones is 1. The van der Waals surface area contributed by atoms with Crippen LogP contribution in [0.4, 0.5) is 11.6 Å². The number of aliphatic hydroxyl groups is 1. The van der Waals surface area contributed by atoms with E-state index in [4.69, 9.17) is 5.73 Å². The fourth-order valence-electron chi connectivity index (χ4n) is 4.73. The Morgan fingerprint density at radius 2 is 1.59 bits per heavy atom. The van der Waals surface area contributed by atoms with Gasteiger partial charge in [-0.3, -0.25) is 0 Å². The standard InChI is InChI=1S/C27H22IN4O2/c29-26-30-23(17-8-3-1-4-9-17)22-24(31-26)21-19(25(22)33)12-7-13-20(21)32-15-14-27(34,16-28-32)18-10-5-2-6-11-18/h1-13,34H,14-16H2,(H2,29,30,31)/q-1/t27-/m1/s1. The van der Waals surface area contributed by atoms with Gasteiger partial charge in [-0.1, -0.05) is 0 Å². The number of nitrogens with zero attached hydrogens (tertiary/aromatic N) is 3. The average Bonchev–Trinajstić information content (AvgIpc) is 3.17. The summed E-state index contributed by atoms with van der Waals surface area (Å²) in [6, 6.07) is 25.4. The number of anilines is 2. The van der Waals surface area contributed by atoms with Crippen LogP contribution in [0.1, 0.15) is 27.9 Å². The van der Waals surface area contributed by atoms with Crippen LogP contribution in [0.5, 0.6) is 0 Å². The molecule has 7 heteroatoms. The molecule has 0 bridgehead atoms. The molecule has 170 valence electrons. The molecule has 2 aliphatic rings. The Morgan fingerprint density at radius 3 is 2.29 bits per heavy atom. The number of hydrogen-bond acceptors (Lipinski definition) is 6. The summed E-state index contributed by atoms with van der Waals surface area (Å²) in [5.74, 6) is 0.0848. The summed E-state index contributed by atoms with van der Waals surface area (Å²) in [5.41, 5.74) is 11.3. The van der Waals surface area contributed by atoms with E-state index in [0.29, 0.717) is 39.9 Å². The molecule has 4 aromatic rings. The van der Waals surface area contributed by atoms with Gasteiger partial charge in [-0.2, -0.15) is 0 Å². The van der Waals surface area contributed by atoms with E-state index in [2.05, 4.69) is 13.1 Å². The van der Waals surface area contributed by atoms with Gasteiger partial charge in [0.1, 0.15) is 0 Å². The first-order valence-corrected chi connectivity index (χ1v) is 13.6. The van der Waals surface area contributed by atoms with Crippen molar-refractivity contribution in [3.8, 4) is 22.5 Å². The Balaban J connectivity index is 1.41. The van der Waals surface area contributed by atoms with E-state index in [-0.39, 0.29) is 11.7 Å². The molecule has 3 aromatic carbocycles. The molecule has 1 aliphatic heterocycles. The number of nitrogens with two attached hydrogens (primary N) is 1. The van der Waals surface area contributed by atoms with Crippen LogP contribution < -0.4 is 30.3 Å². The molecule has 1 aliphatic carbocycles. The van der Waals surface area contributed by atoms with Gasteiger partial charge in [0.2, 0.25) is 0 Å². The second-order valence-corrected chi connectivity index (χ2v) is 11.1. The van der Waals surface area contributed by atoms with E-state index < -0.39 is 27.1 Å². The van der Waals surface area contributed by atoms with Crippen molar-refractivity contribution >= 4 is 17.4 Å². The molecule has 0 unspecified atom stereocenters. The molecule has 6 rings (SSSR count). The summed E-state index contributed by atoms with van der Waals surface area (Å²) in [6.45, 7) is 0.713. The van der Waals surface area contributed by atoms with Crippen molar-refractivity contribution in [2.24, 2.45) is 0 Å². The maximum absolute atomic E-state index is 13.5. The normalized spacial score (nSPS) is 19.3. The average molecular weight is 561 g/mol. The van der Waals surface area contributed by atoms with Crippen LogP contribution in [0.25, 0.3) is 22.5 Å². The van der Waals surface area contributed by atoms with Crippen molar-refractivity contribution in [1.82, 2.24) is 9.97 Å². The Hall–Kier alpha value is -3.30. The summed E-state index contributed by atoms with van der Waals surface area (Å²) in [4.78, 5) is 22.5. The van der Waals surface area contributed by atoms with E-state index in [1.165, 1.54) is 0 Å². The first kappa shape index (κ1) is 21.2. The van der Waals surface area contributed by atoms with Gasteiger partial charge in [-0.05, 0) is 0 Å². The number of hydrogen-bond donors (Lipinski definition) is 2. The second-order valence-electron chi connectivity index (χ2n) is 8.54. The molecule has 34 heavy (non-hydrogen) atoms. The fraction of sp³-hybridized carbons (Fsp3) is 0.148. The van der Waals surface area contributed by atoms with Crippen molar-refractivity contribution in [2.75, 3.05) is 19.8 Å². The molecular weight excluding hydrogens is 539 g/mol. The Labute approximate surface area is 208 Å². The summed E-state index contributed by atoms with van der Waals surface area (Å²) < 4.78 is 3.06. The third kappa shape index (κ3) is 3.38. The third-order valence-electron chi connectivity index (χ3n) is 6.44. The minimum absolute atomic E-state index is 0.0679. The van der Waals surface area contributed by atoms with E-state index in [1.54, 1.807) is 0 Å². The molecule has 2 heterocycles. The number of alkyl halides is 1. The van der Waals surface area contributed by atoms with E-state index in [1.807, 2.05) is 78.9 Å². The Kier molecular flexibility index (Phi) is 5.11. The molecule has 0 amide bonds. The fourth-order valence-corrected chi connectivity index (χ4v) is 7.88. The van der Waals surface area contributed by atoms with Crippen LogP contribution in [-0.4, -0.2) is 31.8 Å². The Bertz CT molecular complexity index is 1400. The topological polar surface area (TPSA) is 92.3 Å². The number of aromatic nitrogens is 2. The van der Waals surface area contributed by atoms with E-state index in [0.717, 1.165) is 22.4 Å². The van der Waals surface area contributed by atoms with Gasteiger partial charge in [0.25, 0.3) is 0 Å². The molecule has 0 saturated carbocycles. The second kappa shape index (κ2) is 8.18. The van der Waals surface area contributed by atoms with Gasteiger partial charge in [-0.15, -0.1) is 0 Å². The number of benzene rings is 3. The quantitative estimate of drug-likeness (QED) is 0.195. The molecule has 0 spiro atoms. The summed E-state index contributed by atoms with van der Waals surface area (Å²) in [6.07, 6.45) is 0.627. The Morgan fingerprint density at radius 1 is 0.882 bits per heavy atom. The predicted octanol–water partition coefficient (Wildman–Crippen LogP) is 1.04. The van der Waals surface area contributed by atoms with Crippen LogP contribution in [0, 0.1) is 0 Å². The zero-order chi connectivity index (χ0) is 23.3. The number of carbonyl (C=O) groups is 1. The molecule has 1 atom stereocenters. The predicted molar refractivity (Wildman–Crippen MR) is 128 cm³/mol. The van der Waals surface area contributed by atoms with Gasteiger partial charge in [0.15, 0.2) is 0 Å². The number of halogens is 1. The molecule has 1 aromatic heterocycles. The molecule has 3 N–H and O–H groups in total. The van der Waals surface area contributed by atoms with Gasteiger partial charge < -0.3 is 0 Å². The van der Waals surface area contributed by atoms with Crippen molar-refractivity contribution in [3.05, 3.63) is 95.6 Å². The third-order valence-corrected chi connectivity index (χ3v) is 9.87. The van der Waals surface area contributed by atoms with E-state index in [9.17, 15) is 9.90 Å². The van der Waals surface area contributed by atoms with Crippen molar-refractivity contribution < 1.29 is 31.4 Å².